The van der Waals surface area contributed by atoms with E-state index >= 15 is 0 Å². The fourth-order valence-electron chi connectivity index (χ4n) is 3.45. The number of carbonyl (C=O) groups is 2. The first-order valence-electron chi connectivity index (χ1n) is 9.30. The van der Waals surface area contributed by atoms with Crippen LogP contribution in [-0.4, -0.2) is 21.6 Å². The number of hydrogen-bond donors (Lipinski definition) is 2. The van der Waals surface area contributed by atoms with Crippen LogP contribution >= 0.6 is 23.2 Å². The fourth-order valence-corrected chi connectivity index (χ4v) is 3.74. The highest BCUT2D eigenvalue weighted by Gasteiger charge is 2.36. The lowest BCUT2D eigenvalue weighted by Crippen LogP contribution is -2.24. The van der Waals surface area contributed by atoms with E-state index in [4.69, 9.17) is 23.2 Å². The van der Waals surface area contributed by atoms with Crippen molar-refractivity contribution in [2.24, 2.45) is 0 Å². The number of anilines is 2. The van der Waals surface area contributed by atoms with Crippen molar-refractivity contribution in [2.45, 2.75) is 25.8 Å². The van der Waals surface area contributed by atoms with Gasteiger partial charge in [0, 0.05) is 11.3 Å². The molecule has 1 aliphatic heterocycles. The Kier molecular flexibility index (Phi) is 5.49. The van der Waals surface area contributed by atoms with Gasteiger partial charge in [-0.2, -0.15) is 5.10 Å². The summed E-state index contributed by atoms with van der Waals surface area (Å²) in [6.45, 7) is 1.94. The van der Waals surface area contributed by atoms with Crippen molar-refractivity contribution in [3.05, 3.63) is 64.0 Å². The van der Waals surface area contributed by atoms with Crippen LogP contribution in [0.2, 0.25) is 10.0 Å². The molecule has 6 nitrogen and oxygen atoms in total. The molecule has 0 radical (unpaired) electrons. The zero-order valence-corrected chi connectivity index (χ0v) is 17.4. The second-order valence-corrected chi connectivity index (χ2v) is 7.68. The minimum absolute atomic E-state index is 0.104. The van der Waals surface area contributed by atoms with Gasteiger partial charge in [0.2, 0.25) is 5.91 Å². The van der Waals surface area contributed by atoms with Crippen LogP contribution < -0.4 is 10.6 Å². The average Bonchev–Trinajstić information content (AvgIpc) is 3.21. The molecule has 154 valence electrons. The van der Waals surface area contributed by atoms with E-state index in [2.05, 4.69) is 15.7 Å². The topological polar surface area (TPSA) is 76.0 Å². The zero-order valence-electron chi connectivity index (χ0n) is 15.9. The van der Waals surface area contributed by atoms with Gasteiger partial charge in [0.15, 0.2) is 0 Å². The van der Waals surface area contributed by atoms with Crippen molar-refractivity contribution in [1.82, 2.24) is 9.78 Å². The van der Waals surface area contributed by atoms with Crippen molar-refractivity contribution in [3.63, 3.8) is 0 Å². The van der Waals surface area contributed by atoms with Gasteiger partial charge in [0.1, 0.15) is 17.7 Å². The SMILES string of the molecule is CCc1nn2c(c1-c1ccc(F)cc1)NC(=O)C2CC(=O)Nc1ccc(Cl)c(Cl)c1. The van der Waals surface area contributed by atoms with Crippen molar-refractivity contribution in [2.75, 3.05) is 10.6 Å². The van der Waals surface area contributed by atoms with Crippen molar-refractivity contribution < 1.29 is 14.0 Å². The Labute approximate surface area is 182 Å². The van der Waals surface area contributed by atoms with Crippen LogP contribution in [0.3, 0.4) is 0 Å². The predicted octanol–water partition coefficient (Wildman–Crippen LogP) is 5.08. The van der Waals surface area contributed by atoms with E-state index in [1.54, 1.807) is 24.3 Å². The second-order valence-electron chi connectivity index (χ2n) is 6.86. The van der Waals surface area contributed by atoms with Crippen molar-refractivity contribution in [1.29, 1.82) is 0 Å². The third-order valence-corrected chi connectivity index (χ3v) is 5.61. The lowest BCUT2D eigenvalue weighted by atomic mass is 10.0. The molecule has 2 heterocycles. The van der Waals surface area contributed by atoms with Crippen LogP contribution in [0.1, 0.15) is 25.1 Å². The highest BCUT2D eigenvalue weighted by atomic mass is 35.5. The number of carbonyl (C=O) groups excluding carboxylic acids is 2. The van der Waals surface area contributed by atoms with Gasteiger partial charge in [-0.15, -0.1) is 0 Å². The molecular weight excluding hydrogens is 430 g/mol. The molecule has 1 atom stereocenters. The van der Waals surface area contributed by atoms with Crippen LogP contribution in [0.15, 0.2) is 42.5 Å². The summed E-state index contributed by atoms with van der Waals surface area (Å²) in [7, 11) is 0. The molecule has 0 bridgehead atoms. The first-order valence-corrected chi connectivity index (χ1v) is 10.1. The molecule has 2 amide bonds. The maximum absolute atomic E-state index is 13.3. The van der Waals surface area contributed by atoms with E-state index in [0.717, 1.165) is 16.8 Å². The summed E-state index contributed by atoms with van der Waals surface area (Å²) < 4.78 is 14.9. The Balaban J connectivity index is 1.60. The number of aryl methyl sites for hydroxylation is 1. The number of fused-ring (bicyclic) bond motifs is 1. The summed E-state index contributed by atoms with van der Waals surface area (Å²) in [5.74, 6) is -0.525. The minimum Gasteiger partial charge on any atom is -0.326 e. The minimum atomic E-state index is -0.790. The van der Waals surface area contributed by atoms with Gasteiger partial charge in [-0.1, -0.05) is 42.3 Å². The molecule has 1 aliphatic rings. The first kappa shape index (κ1) is 20.4. The molecule has 30 heavy (non-hydrogen) atoms. The van der Waals surface area contributed by atoms with Gasteiger partial charge >= 0.3 is 0 Å². The molecule has 9 heteroatoms. The summed E-state index contributed by atoms with van der Waals surface area (Å²) in [5, 5.41) is 10.8. The van der Waals surface area contributed by atoms with Crippen LogP contribution in [0.4, 0.5) is 15.9 Å². The molecule has 0 saturated heterocycles. The Bertz CT molecular complexity index is 1140. The van der Waals surface area contributed by atoms with E-state index < -0.39 is 6.04 Å². The van der Waals surface area contributed by atoms with Gasteiger partial charge < -0.3 is 10.6 Å². The number of hydrogen-bond acceptors (Lipinski definition) is 3. The quantitative estimate of drug-likeness (QED) is 0.573. The Morgan fingerprint density at radius 1 is 1.20 bits per heavy atom. The van der Waals surface area contributed by atoms with Gasteiger partial charge in [-0.3, -0.25) is 9.59 Å². The smallest absolute Gasteiger partial charge is 0.251 e. The summed E-state index contributed by atoms with van der Waals surface area (Å²) in [6.07, 6.45) is 0.511. The molecule has 3 aromatic rings. The summed E-state index contributed by atoms with van der Waals surface area (Å²) in [6, 6.07) is 9.96. The number of benzene rings is 2. The molecule has 2 aromatic carbocycles. The van der Waals surface area contributed by atoms with E-state index in [0.29, 0.717) is 28.0 Å². The predicted molar refractivity (Wildman–Crippen MR) is 114 cm³/mol. The first-order chi connectivity index (χ1) is 14.4. The largest absolute Gasteiger partial charge is 0.326 e. The van der Waals surface area contributed by atoms with Gasteiger partial charge in [0.25, 0.3) is 5.91 Å². The lowest BCUT2D eigenvalue weighted by molar-refractivity contribution is -0.123. The van der Waals surface area contributed by atoms with Crippen molar-refractivity contribution >= 4 is 46.5 Å². The van der Waals surface area contributed by atoms with Crippen molar-refractivity contribution in [3.8, 4) is 11.1 Å². The molecule has 0 aliphatic carbocycles. The fraction of sp³-hybridized carbons (Fsp3) is 0.190. The number of nitrogens with zero attached hydrogens (tertiary/aromatic N) is 2. The van der Waals surface area contributed by atoms with Crippen LogP contribution in [-0.2, 0) is 16.0 Å². The van der Waals surface area contributed by atoms with E-state index in [9.17, 15) is 14.0 Å². The normalized spacial score (nSPS) is 15.1. The number of halogens is 3. The number of nitrogens with one attached hydrogen (secondary N) is 2. The number of amides is 2. The van der Waals surface area contributed by atoms with Gasteiger partial charge in [0.05, 0.1) is 22.2 Å². The average molecular weight is 447 g/mol. The maximum Gasteiger partial charge on any atom is 0.251 e. The lowest BCUT2D eigenvalue weighted by Gasteiger charge is -2.10. The third-order valence-electron chi connectivity index (χ3n) is 4.87. The highest BCUT2D eigenvalue weighted by Crippen LogP contribution is 2.39. The number of aromatic nitrogens is 2. The molecule has 0 fully saturated rings. The molecule has 2 N–H and O–H groups in total. The molecule has 0 spiro atoms. The van der Waals surface area contributed by atoms with Crippen LogP contribution in [0, 0.1) is 5.82 Å². The number of rotatable bonds is 5. The highest BCUT2D eigenvalue weighted by molar-refractivity contribution is 6.42. The summed E-state index contributed by atoms with van der Waals surface area (Å²) in [5.41, 5.74) is 2.72. The van der Waals surface area contributed by atoms with E-state index in [1.165, 1.54) is 22.9 Å². The Morgan fingerprint density at radius 2 is 1.93 bits per heavy atom. The maximum atomic E-state index is 13.3. The standard InChI is InChI=1S/C21H17Cl2FN4O2/c1-2-16-19(11-3-5-12(24)6-4-11)20-26-21(30)17(28(20)27-16)10-18(29)25-13-7-8-14(22)15(23)9-13/h3-9,17H,2,10H2,1H3,(H,25,29)(H,26,30). The molecular formula is C21H17Cl2FN4O2. The Morgan fingerprint density at radius 3 is 2.60 bits per heavy atom. The summed E-state index contributed by atoms with van der Waals surface area (Å²) in [4.78, 5) is 25.1. The second kappa shape index (κ2) is 8.08. The molecule has 1 aromatic heterocycles. The summed E-state index contributed by atoms with van der Waals surface area (Å²) >= 11 is 11.9. The molecule has 4 rings (SSSR count). The van der Waals surface area contributed by atoms with Gasteiger partial charge in [-0.05, 0) is 42.3 Å². The van der Waals surface area contributed by atoms with Gasteiger partial charge in [-0.25, -0.2) is 9.07 Å². The molecule has 0 saturated carbocycles. The zero-order chi connectivity index (χ0) is 21.4. The monoisotopic (exact) mass is 446 g/mol. The van der Waals surface area contributed by atoms with Crippen LogP contribution in [0.25, 0.3) is 11.1 Å². The van der Waals surface area contributed by atoms with Crippen LogP contribution in [0.5, 0.6) is 0 Å². The van der Waals surface area contributed by atoms with E-state index in [1.807, 2.05) is 6.92 Å². The Hall–Kier alpha value is -2.90. The third kappa shape index (κ3) is 3.78. The van der Waals surface area contributed by atoms with E-state index in [-0.39, 0.29) is 24.1 Å². The molecule has 1 unspecified atom stereocenters.